The fraction of sp³-hybridized carbons (Fsp3) is 0.600. The lowest BCUT2D eigenvalue weighted by Gasteiger charge is -2.22. The molecule has 1 atom stereocenters. The van der Waals surface area contributed by atoms with Crippen molar-refractivity contribution in [3.63, 3.8) is 0 Å². The van der Waals surface area contributed by atoms with Crippen molar-refractivity contribution in [3.05, 3.63) is 28.2 Å². The molecular formula is C15H24BrNO2. The Morgan fingerprint density at radius 3 is 2.63 bits per heavy atom. The molecule has 0 fully saturated rings. The van der Waals surface area contributed by atoms with Crippen molar-refractivity contribution in [1.29, 1.82) is 0 Å². The second-order valence-electron chi connectivity index (χ2n) is 5.61. The van der Waals surface area contributed by atoms with Crippen LogP contribution in [0.3, 0.4) is 0 Å². The number of halogens is 1. The zero-order valence-electron chi connectivity index (χ0n) is 12.2. The maximum atomic E-state index is 9.90. The van der Waals surface area contributed by atoms with E-state index < -0.39 is 6.10 Å². The number of nitrogens with one attached hydrogen (secondary N) is 1. The van der Waals surface area contributed by atoms with Crippen molar-refractivity contribution in [3.8, 4) is 0 Å². The maximum absolute atomic E-state index is 9.90. The highest BCUT2D eigenvalue weighted by atomic mass is 79.9. The van der Waals surface area contributed by atoms with Crippen LogP contribution in [0.15, 0.2) is 22.7 Å². The molecule has 0 heterocycles. The molecule has 1 unspecified atom stereocenters. The minimum Gasteiger partial charge on any atom is -0.389 e. The minimum atomic E-state index is -0.507. The molecule has 0 saturated carbocycles. The van der Waals surface area contributed by atoms with Crippen molar-refractivity contribution in [1.82, 2.24) is 0 Å². The van der Waals surface area contributed by atoms with E-state index in [4.69, 9.17) is 4.74 Å². The summed E-state index contributed by atoms with van der Waals surface area (Å²) in [6, 6.07) is 6.13. The Morgan fingerprint density at radius 2 is 2.05 bits per heavy atom. The van der Waals surface area contributed by atoms with Gasteiger partial charge in [0, 0.05) is 16.7 Å². The fourth-order valence-corrected chi connectivity index (χ4v) is 2.07. The fourth-order valence-electron chi connectivity index (χ4n) is 1.66. The maximum Gasteiger partial charge on any atom is 0.0945 e. The Kier molecular flexibility index (Phi) is 6.30. The number of hydrogen-bond donors (Lipinski definition) is 2. The zero-order valence-corrected chi connectivity index (χ0v) is 13.8. The van der Waals surface area contributed by atoms with Gasteiger partial charge >= 0.3 is 0 Å². The van der Waals surface area contributed by atoms with Crippen molar-refractivity contribution >= 4 is 21.6 Å². The normalized spacial score (nSPS) is 13.4. The molecule has 0 spiro atoms. The van der Waals surface area contributed by atoms with Gasteiger partial charge in [0.15, 0.2) is 0 Å². The van der Waals surface area contributed by atoms with Crippen molar-refractivity contribution in [2.24, 2.45) is 0 Å². The molecule has 0 aromatic heterocycles. The van der Waals surface area contributed by atoms with Gasteiger partial charge in [0.1, 0.15) is 0 Å². The van der Waals surface area contributed by atoms with Crippen molar-refractivity contribution in [2.45, 2.75) is 45.8 Å². The van der Waals surface area contributed by atoms with Crippen LogP contribution in [0.2, 0.25) is 0 Å². The number of hydrogen-bond acceptors (Lipinski definition) is 3. The van der Waals surface area contributed by atoms with Gasteiger partial charge in [-0.15, -0.1) is 0 Å². The summed E-state index contributed by atoms with van der Waals surface area (Å²) in [5.41, 5.74) is 2.09. The molecule has 0 saturated heterocycles. The molecule has 2 N–H and O–H groups in total. The van der Waals surface area contributed by atoms with Gasteiger partial charge in [-0.1, -0.05) is 22.9 Å². The van der Waals surface area contributed by atoms with E-state index in [-0.39, 0.29) is 5.60 Å². The molecule has 0 aliphatic carbocycles. The van der Waals surface area contributed by atoms with Gasteiger partial charge in [0.2, 0.25) is 0 Å². The number of aryl methyl sites for hydroxylation is 1. The molecule has 0 radical (unpaired) electrons. The first-order chi connectivity index (χ1) is 8.81. The van der Waals surface area contributed by atoms with E-state index in [0.717, 1.165) is 16.6 Å². The van der Waals surface area contributed by atoms with Crippen LogP contribution in [0.1, 0.15) is 33.3 Å². The largest absolute Gasteiger partial charge is 0.389 e. The average Bonchev–Trinajstić information content (AvgIpc) is 2.33. The van der Waals surface area contributed by atoms with Crippen LogP contribution < -0.4 is 5.32 Å². The van der Waals surface area contributed by atoms with Crippen LogP contribution in [-0.2, 0) is 11.2 Å². The smallest absolute Gasteiger partial charge is 0.0945 e. The van der Waals surface area contributed by atoms with Gasteiger partial charge in [-0.05, 0) is 51.0 Å². The standard InChI is InChI=1S/C15H24BrNO2/c1-5-11-8-12(16)6-7-14(11)17-9-13(18)10-19-15(2,3)4/h6-8,13,17-18H,5,9-10H2,1-4H3. The number of rotatable bonds is 6. The molecule has 0 bridgehead atoms. The van der Waals surface area contributed by atoms with Gasteiger partial charge in [-0.2, -0.15) is 0 Å². The summed E-state index contributed by atoms with van der Waals surface area (Å²) < 4.78 is 6.63. The van der Waals surface area contributed by atoms with E-state index >= 15 is 0 Å². The van der Waals surface area contributed by atoms with E-state index in [2.05, 4.69) is 34.2 Å². The number of aliphatic hydroxyl groups is 1. The highest BCUT2D eigenvalue weighted by molar-refractivity contribution is 9.10. The summed E-state index contributed by atoms with van der Waals surface area (Å²) in [7, 11) is 0. The number of aliphatic hydroxyl groups excluding tert-OH is 1. The molecule has 1 aromatic carbocycles. The van der Waals surface area contributed by atoms with E-state index in [0.29, 0.717) is 13.2 Å². The Bertz CT molecular complexity index is 402. The predicted molar refractivity (Wildman–Crippen MR) is 83.7 cm³/mol. The third-order valence-electron chi connectivity index (χ3n) is 2.69. The van der Waals surface area contributed by atoms with Gasteiger partial charge < -0.3 is 15.2 Å². The van der Waals surface area contributed by atoms with E-state index in [1.54, 1.807) is 0 Å². The SMILES string of the molecule is CCc1cc(Br)ccc1NCC(O)COC(C)(C)C. The molecule has 0 aliphatic rings. The first-order valence-corrected chi connectivity index (χ1v) is 7.45. The summed E-state index contributed by atoms with van der Waals surface area (Å²) >= 11 is 3.47. The van der Waals surface area contributed by atoms with Gasteiger partial charge in [-0.25, -0.2) is 0 Å². The summed E-state index contributed by atoms with van der Waals surface area (Å²) in [6.45, 7) is 8.90. The van der Waals surface area contributed by atoms with E-state index in [1.807, 2.05) is 32.9 Å². The molecule has 3 nitrogen and oxygen atoms in total. The average molecular weight is 330 g/mol. The predicted octanol–water partition coefficient (Wildman–Crippen LogP) is 3.60. The minimum absolute atomic E-state index is 0.215. The second kappa shape index (κ2) is 7.27. The van der Waals surface area contributed by atoms with Gasteiger partial charge in [0.25, 0.3) is 0 Å². The lowest BCUT2D eigenvalue weighted by molar-refractivity contribution is -0.0449. The quantitative estimate of drug-likeness (QED) is 0.837. The van der Waals surface area contributed by atoms with Crippen LogP contribution >= 0.6 is 15.9 Å². The van der Waals surface area contributed by atoms with Crippen LogP contribution in [0.4, 0.5) is 5.69 Å². The highest BCUT2D eigenvalue weighted by Crippen LogP contribution is 2.21. The molecule has 108 valence electrons. The number of ether oxygens (including phenoxy) is 1. The summed E-state index contributed by atoms with van der Waals surface area (Å²) in [6.07, 6.45) is 0.448. The van der Waals surface area contributed by atoms with Crippen molar-refractivity contribution in [2.75, 3.05) is 18.5 Å². The highest BCUT2D eigenvalue weighted by Gasteiger charge is 2.13. The zero-order chi connectivity index (χ0) is 14.5. The monoisotopic (exact) mass is 329 g/mol. The topological polar surface area (TPSA) is 41.5 Å². The van der Waals surface area contributed by atoms with Crippen LogP contribution in [0.25, 0.3) is 0 Å². The van der Waals surface area contributed by atoms with Crippen LogP contribution in [0.5, 0.6) is 0 Å². The van der Waals surface area contributed by atoms with Gasteiger partial charge in [0.05, 0.1) is 18.3 Å². The summed E-state index contributed by atoms with van der Waals surface area (Å²) in [4.78, 5) is 0. The number of benzene rings is 1. The Labute approximate surface area is 124 Å². The molecule has 0 aliphatic heterocycles. The van der Waals surface area contributed by atoms with E-state index in [1.165, 1.54) is 5.56 Å². The molecule has 0 amide bonds. The lowest BCUT2D eigenvalue weighted by Crippen LogP contribution is -2.30. The van der Waals surface area contributed by atoms with Crippen molar-refractivity contribution < 1.29 is 9.84 Å². The molecule has 1 rings (SSSR count). The Hall–Kier alpha value is -0.580. The molecule has 1 aromatic rings. The molecular weight excluding hydrogens is 306 g/mol. The van der Waals surface area contributed by atoms with E-state index in [9.17, 15) is 5.11 Å². The summed E-state index contributed by atoms with van der Waals surface area (Å²) in [5, 5.41) is 13.2. The Morgan fingerprint density at radius 1 is 1.37 bits per heavy atom. The molecule has 19 heavy (non-hydrogen) atoms. The first-order valence-electron chi connectivity index (χ1n) is 6.66. The second-order valence-corrected chi connectivity index (χ2v) is 6.53. The Balaban J connectivity index is 2.48. The number of anilines is 1. The third-order valence-corrected chi connectivity index (χ3v) is 3.18. The summed E-state index contributed by atoms with van der Waals surface area (Å²) in [5.74, 6) is 0. The lowest BCUT2D eigenvalue weighted by atomic mass is 10.1. The van der Waals surface area contributed by atoms with Crippen LogP contribution in [-0.4, -0.2) is 30.0 Å². The van der Waals surface area contributed by atoms with Crippen LogP contribution in [0, 0.1) is 0 Å². The molecule has 4 heteroatoms. The van der Waals surface area contributed by atoms with Gasteiger partial charge in [-0.3, -0.25) is 0 Å². The first kappa shape index (κ1) is 16.5. The third kappa shape index (κ3) is 6.41.